The van der Waals surface area contributed by atoms with E-state index in [0.29, 0.717) is 0 Å². The zero-order valence-corrected chi connectivity index (χ0v) is 7.79. The zero-order valence-electron chi connectivity index (χ0n) is 7.79. The van der Waals surface area contributed by atoms with Crippen LogP contribution in [-0.2, 0) is 6.42 Å². The third kappa shape index (κ3) is 3.71. The first-order chi connectivity index (χ1) is 6.24. The van der Waals surface area contributed by atoms with E-state index >= 15 is 0 Å². The number of ketones is 1. The van der Waals surface area contributed by atoms with Gasteiger partial charge in [0.05, 0.1) is 0 Å². The molecule has 1 aromatic rings. The number of hydrogen-bond donors (Lipinski definition) is 1. The van der Waals surface area contributed by atoms with Crippen molar-refractivity contribution >= 4 is 5.78 Å². The van der Waals surface area contributed by atoms with Gasteiger partial charge in [0.2, 0.25) is 0 Å². The van der Waals surface area contributed by atoms with Gasteiger partial charge in [-0.1, -0.05) is 31.7 Å². The van der Waals surface area contributed by atoms with Gasteiger partial charge in [-0.15, -0.1) is 0 Å². The van der Waals surface area contributed by atoms with Crippen molar-refractivity contribution < 1.29 is 9.90 Å². The lowest BCUT2D eigenvalue weighted by atomic mass is 10.1. The molecule has 14 heavy (non-hydrogen) atoms. The number of hydrogen-bond acceptors (Lipinski definition) is 2. The second-order valence-corrected chi connectivity index (χ2v) is 3.08. The van der Waals surface area contributed by atoms with Crippen LogP contribution in [0.4, 0.5) is 0 Å². The topological polar surface area (TPSA) is 37.3 Å². The minimum atomic E-state index is 0. The molecule has 2 heteroatoms. The summed E-state index contributed by atoms with van der Waals surface area (Å²) in [5, 5.41) is 8.62. The van der Waals surface area contributed by atoms with Crippen molar-refractivity contribution in [3.05, 3.63) is 35.4 Å². The third-order valence-electron chi connectivity index (χ3n) is 1.98. The summed E-state index contributed by atoms with van der Waals surface area (Å²) in [7, 11) is 0. The van der Waals surface area contributed by atoms with Crippen LogP contribution in [0.3, 0.4) is 0 Å². The number of carbonyl (C=O) groups is 1. The average Bonchev–Trinajstić information content (AvgIpc) is 2.15. The van der Waals surface area contributed by atoms with Crippen molar-refractivity contribution in [1.29, 1.82) is 0 Å². The van der Waals surface area contributed by atoms with E-state index in [0.717, 1.165) is 18.4 Å². The zero-order chi connectivity index (χ0) is 9.68. The quantitative estimate of drug-likeness (QED) is 0.747. The molecule has 0 aliphatic carbocycles. The first-order valence-corrected chi connectivity index (χ1v) is 4.45. The molecule has 1 rings (SSSR count). The van der Waals surface area contributed by atoms with E-state index in [-0.39, 0.29) is 19.8 Å². The van der Waals surface area contributed by atoms with Crippen LogP contribution >= 0.6 is 0 Å². The van der Waals surface area contributed by atoms with Crippen LogP contribution < -0.4 is 0 Å². The summed E-state index contributed by atoms with van der Waals surface area (Å²) in [5.74, 6) is 0.0914. The van der Waals surface area contributed by atoms with Gasteiger partial charge < -0.3 is 5.11 Å². The van der Waals surface area contributed by atoms with E-state index in [1.807, 2.05) is 24.3 Å². The van der Waals surface area contributed by atoms with Gasteiger partial charge >= 0.3 is 0 Å². The number of benzene rings is 1. The van der Waals surface area contributed by atoms with Crippen molar-refractivity contribution in [1.82, 2.24) is 0 Å². The monoisotopic (exact) mass is 194 g/mol. The maximum absolute atomic E-state index is 10.9. The second kappa shape index (κ2) is 6.33. The summed E-state index contributed by atoms with van der Waals surface area (Å²) in [6.07, 6.45) is 1.65. The Kier molecular flexibility index (Phi) is 5.81. The van der Waals surface area contributed by atoms with Gasteiger partial charge in [-0.2, -0.15) is 0 Å². The fourth-order valence-electron chi connectivity index (χ4n) is 1.19. The van der Waals surface area contributed by atoms with Gasteiger partial charge in [0.1, 0.15) is 0 Å². The Labute approximate surface area is 85.6 Å². The van der Waals surface area contributed by atoms with Crippen LogP contribution in [0.5, 0.6) is 0 Å². The fraction of sp³-hybridized carbons (Fsp3) is 0.417. The van der Waals surface area contributed by atoms with Gasteiger partial charge in [0.15, 0.2) is 5.78 Å². The summed E-state index contributed by atoms with van der Waals surface area (Å²) in [5.41, 5.74) is 1.91. The molecule has 0 aliphatic heterocycles. The number of carbonyl (C=O) groups excluding carboxylic acids is 1. The van der Waals surface area contributed by atoms with Crippen LogP contribution in [0.2, 0.25) is 0 Å². The first kappa shape index (κ1) is 12.8. The molecular formula is C12H18O2. The summed E-state index contributed by atoms with van der Waals surface area (Å²) in [6.45, 7) is 1.77. The van der Waals surface area contributed by atoms with Crippen LogP contribution in [0, 0.1) is 0 Å². The Morgan fingerprint density at radius 3 is 2.29 bits per heavy atom. The minimum Gasteiger partial charge on any atom is -0.396 e. The van der Waals surface area contributed by atoms with Gasteiger partial charge in [-0.3, -0.25) is 4.79 Å². The molecule has 0 aromatic heterocycles. The molecule has 1 aromatic carbocycles. The van der Waals surface area contributed by atoms with Crippen LogP contribution in [0.15, 0.2) is 24.3 Å². The van der Waals surface area contributed by atoms with Crippen LogP contribution in [-0.4, -0.2) is 17.5 Å². The largest absolute Gasteiger partial charge is 0.396 e. The van der Waals surface area contributed by atoms with E-state index in [1.165, 1.54) is 5.56 Å². The number of aryl methyl sites for hydroxylation is 1. The average molecular weight is 194 g/mol. The molecule has 0 unspecified atom stereocenters. The fourth-order valence-corrected chi connectivity index (χ4v) is 1.19. The van der Waals surface area contributed by atoms with E-state index in [2.05, 4.69) is 0 Å². The molecule has 0 aliphatic rings. The molecule has 1 N–H and O–H groups in total. The number of aliphatic hydroxyl groups excluding tert-OH is 1. The van der Waals surface area contributed by atoms with Gasteiger partial charge in [-0.25, -0.2) is 0 Å². The van der Waals surface area contributed by atoms with Crippen molar-refractivity contribution in [3.63, 3.8) is 0 Å². The summed E-state index contributed by atoms with van der Waals surface area (Å²) in [6, 6.07) is 7.53. The smallest absolute Gasteiger partial charge is 0.159 e. The predicted molar refractivity (Wildman–Crippen MR) is 58.6 cm³/mol. The molecule has 2 nitrogen and oxygen atoms in total. The highest BCUT2D eigenvalue weighted by atomic mass is 16.2. The number of Topliss-reactive ketones (excluding diaryl/α,β-unsaturated/α-hetero) is 1. The van der Waals surface area contributed by atoms with Crippen molar-refractivity contribution in [2.45, 2.75) is 27.2 Å². The highest BCUT2D eigenvalue weighted by molar-refractivity contribution is 5.93. The third-order valence-corrected chi connectivity index (χ3v) is 1.98. The molecule has 0 radical (unpaired) electrons. The molecule has 78 valence electrons. The molecule has 0 amide bonds. The van der Waals surface area contributed by atoms with E-state index in [4.69, 9.17) is 5.11 Å². The standard InChI is InChI=1S/C11H14O2.CH4/c1-9(13)11-6-4-10(5-7-11)3-2-8-12;/h4-7,12H,2-3,8H2,1H3;1H4. The molecule has 0 spiro atoms. The molecule has 0 saturated carbocycles. The Balaban J connectivity index is 0.00000169. The maximum atomic E-state index is 10.9. The lowest BCUT2D eigenvalue weighted by Gasteiger charge is -2.00. The van der Waals surface area contributed by atoms with E-state index in [1.54, 1.807) is 6.92 Å². The highest BCUT2D eigenvalue weighted by Gasteiger charge is 1.98. The molecule has 0 bridgehead atoms. The normalized spacial score (nSPS) is 9.29. The SMILES string of the molecule is C.CC(=O)c1ccc(CCCO)cc1. The lowest BCUT2D eigenvalue weighted by Crippen LogP contribution is -1.93. The molecule has 0 saturated heterocycles. The van der Waals surface area contributed by atoms with Gasteiger partial charge in [0, 0.05) is 12.2 Å². The van der Waals surface area contributed by atoms with Gasteiger partial charge in [0.25, 0.3) is 0 Å². The van der Waals surface area contributed by atoms with E-state index in [9.17, 15) is 4.79 Å². The lowest BCUT2D eigenvalue weighted by molar-refractivity contribution is 0.101. The molecule has 0 heterocycles. The Hall–Kier alpha value is -1.15. The van der Waals surface area contributed by atoms with Crippen LogP contribution in [0.25, 0.3) is 0 Å². The highest BCUT2D eigenvalue weighted by Crippen LogP contribution is 2.06. The minimum absolute atomic E-state index is 0. The van der Waals surface area contributed by atoms with Crippen molar-refractivity contribution in [3.8, 4) is 0 Å². The van der Waals surface area contributed by atoms with Crippen molar-refractivity contribution in [2.75, 3.05) is 6.61 Å². The summed E-state index contributed by atoms with van der Waals surface area (Å²) >= 11 is 0. The number of aliphatic hydroxyl groups is 1. The van der Waals surface area contributed by atoms with Crippen LogP contribution in [0.1, 0.15) is 36.7 Å². The summed E-state index contributed by atoms with van der Waals surface area (Å²) < 4.78 is 0. The van der Waals surface area contributed by atoms with Gasteiger partial charge in [-0.05, 0) is 25.3 Å². The molecular weight excluding hydrogens is 176 g/mol. The number of rotatable bonds is 4. The Bertz CT molecular complexity index is 275. The molecule has 0 atom stereocenters. The first-order valence-electron chi connectivity index (χ1n) is 4.45. The Morgan fingerprint density at radius 2 is 1.86 bits per heavy atom. The van der Waals surface area contributed by atoms with Crippen molar-refractivity contribution in [2.24, 2.45) is 0 Å². The Morgan fingerprint density at radius 1 is 1.29 bits per heavy atom. The predicted octanol–water partition coefficient (Wildman–Crippen LogP) is 2.45. The molecule has 0 fully saturated rings. The second-order valence-electron chi connectivity index (χ2n) is 3.08. The van der Waals surface area contributed by atoms with E-state index < -0.39 is 0 Å². The summed E-state index contributed by atoms with van der Waals surface area (Å²) in [4.78, 5) is 10.9. The maximum Gasteiger partial charge on any atom is 0.159 e.